The van der Waals surface area contributed by atoms with Crippen molar-refractivity contribution in [3.05, 3.63) is 59.4 Å². The van der Waals surface area contributed by atoms with E-state index in [9.17, 15) is 9.59 Å². The van der Waals surface area contributed by atoms with Gasteiger partial charge in [-0.15, -0.1) is 0 Å². The second kappa shape index (κ2) is 9.70. The zero-order valence-corrected chi connectivity index (χ0v) is 15.8. The maximum absolute atomic E-state index is 12.7. The molecule has 1 aromatic heterocycles. The average molecular weight is 353 g/mol. The fourth-order valence-electron chi connectivity index (χ4n) is 2.86. The van der Waals surface area contributed by atoms with Crippen molar-refractivity contribution < 1.29 is 9.59 Å². The molecule has 0 saturated carbocycles. The van der Waals surface area contributed by atoms with Crippen LogP contribution < -0.4 is 5.32 Å². The number of hydrogen-bond donors (Lipinski definition) is 1. The molecule has 1 N–H and O–H groups in total. The molecule has 0 fully saturated rings. The summed E-state index contributed by atoms with van der Waals surface area (Å²) >= 11 is 0. The van der Waals surface area contributed by atoms with Gasteiger partial charge >= 0.3 is 0 Å². The molecule has 0 radical (unpaired) electrons. The maximum atomic E-state index is 12.7. The number of aryl methyl sites for hydroxylation is 1. The fourth-order valence-corrected chi connectivity index (χ4v) is 2.86. The first-order chi connectivity index (χ1) is 12.6. The highest BCUT2D eigenvalue weighted by molar-refractivity contribution is 6.06. The first-order valence-electron chi connectivity index (χ1n) is 9.24. The summed E-state index contributed by atoms with van der Waals surface area (Å²) in [6, 6.07) is 9.33. The first kappa shape index (κ1) is 19.6. The molecule has 0 spiro atoms. The Morgan fingerprint density at radius 3 is 2.31 bits per heavy atom. The molecule has 5 nitrogen and oxygen atoms in total. The van der Waals surface area contributed by atoms with Crippen molar-refractivity contribution in [1.82, 2.24) is 9.88 Å². The zero-order chi connectivity index (χ0) is 18.9. The van der Waals surface area contributed by atoms with Crippen LogP contribution in [0.3, 0.4) is 0 Å². The van der Waals surface area contributed by atoms with Gasteiger partial charge in [0, 0.05) is 31.2 Å². The molecule has 1 heterocycles. The molecule has 2 aromatic rings. The van der Waals surface area contributed by atoms with E-state index in [1.807, 2.05) is 49.9 Å². The van der Waals surface area contributed by atoms with Gasteiger partial charge in [-0.2, -0.15) is 0 Å². The summed E-state index contributed by atoms with van der Waals surface area (Å²) in [6.07, 6.45) is 5.64. The monoisotopic (exact) mass is 353 g/mol. The van der Waals surface area contributed by atoms with Crippen molar-refractivity contribution in [2.24, 2.45) is 0 Å². The lowest BCUT2D eigenvalue weighted by molar-refractivity contribution is 0.0755. The molecule has 2 rings (SSSR count). The lowest BCUT2D eigenvalue weighted by atomic mass is 10.1. The van der Waals surface area contributed by atoms with Crippen molar-refractivity contribution in [1.29, 1.82) is 0 Å². The van der Waals surface area contributed by atoms with Gasteiger partial charge in [0.05, 0.1) is 11.1 Å². The van der Waals surface area contributed by atoms with Crippen LogP contribution in [0, 0.1) is 0 Å². The third-order valence-electron chi connectivity index (χ3n) is 4.17. The Hall–Kier alpha value is -2.69. The summed E-state index contributed by atoms with van der Waals surface area (Å²) in [5, 5.41) is 2.92. The van der Waals surface area contributed by atoms with Gasteiger partial charge in [0.2, 0.25) is 0 Å². The summed E-state index contributed by atoms with van der Waals surface area (Å²) in [5.74, 6) is -0.338. The minimum atomic E-state index is -0.259. The zero-order valence-electron chi connectivity index (χ0n) is 15.8. The van der Waals surface area contributed by atoms with Gasteiger partial charge in [0.1, 0.15) is 0 Å². The van der Waals surface area contributed by atoms with Crippen molar-refractivity contribution >= 4 is 17.5 Å². The van der Waals surface area contributed by atoms with E-state index in [-0.39, 0.29) is 11.8 Å². The Balaban J connectivity index is 2.19. The van der Waals surface area contributed by atoms with Crippen LogP contribution >= 0.6 is 0 Å². The van der Waals surface area contributed by atoms with E-state index in [4.69, 9.17) is 0 Å². The van der Waals surface area contributed by atoms with E-state index in [2.05, 4.69) is 10.3 Å². The lowest BCUT2D eigenvalue weighted by Crippen LogP contribution is -2.32. The van der Waals surface area contributed by atoms with Crippen LogP contribution in [0.1, 0.15) is 59.9 Å². The summed E-state index contributed by atoms with van der Waals surface area (Å²) in [6.45, 7) is 7.54. The fraction of sp³-hybridized carbons (Fsp3) is 0.381. The lowest BCUT2D eigenvalue weighted by Gasteiger charge is -2.21. The van der Waals surface area contributed by atoms with Crippen LogP contribution in [0.4, 0.5) is 5.69 Å². The van der Waals surface area contributed by atoms with Crippen molar-refractivity contribution in [3.63, 3.8) is 0 Å². The van der Waals surface area contributed by atoms with E-state index in [1.165, 1.54) is 12.4 Å². The third-order valence-corrected chi connectivity index (χ3v) is 4.17. The predicted octanol–water partition coefficient (Wildman–Crippen LogP) is 4.16. The van der Waals surface area contributed by atoms with Crippen LogP contribution in [-0.4, -0.2) is 34.8 Å². The molecule has 0 aliphatic carbocycles. The first-order valence-corrected chi connectivity index (χ1v) is 9.24. The molecule has 138 valence electrons. The second-order valence-corrected chi connectivity index (χ2v) is 6.22. The summed E-state index contributed by atoms with van der Waals surface area (Å²) in [4.78, 5) is 31.2. The highest BCUT2D eigenvalue weighted by atomic mass is 16.2. The highest BCUT2D eigenvalue weighted by Crippen LogP contribution is 2.17. The largest absolute Gasteiger partial charge is 0.339 e. The SMILES string of the molecule is CCCN(CCC)C(=O)c1cncc(C(=O)Nc2ccccc2CC)c1. The number of carbonyl (C=O) groups is 2. The highest BCUT2D eigenvalue weighted by Gasteiger charge is 2.17. The number of carbonyl (C=O) groups excluding carboxylic acids is 2. The number of amides is 2. The average Bonchev–Trinajstić information content (AvgIpc) is 2.67. The van der Waals surface area contributed by atoms with E-state index < -0.39 is 0 Å². The normalized spacial score (nSPS) is 10.4. The molecular weight excluding hydrogens is 326 g/mol. The van der Waals surface area contributed by atoms with E-state index in [1.54, 1.807) is 6.07 Å². The molecule has 0 aliphatic rings. The maximum Gasteiger partial charge on any atom is 0.257 e. The summed E-state index contributed by atoms with van der Waals surface area (Å²) < 4.78 is 0. The Bertz CT molecular complexity index is 752. The molecule has 2 amide bonds. The Labute approximate surface area is 155 Å². The molecule has 0 bridgehead atoms. The number of anilines is 1. The van der Waals surface area contributed by atoms with Crippen molar-refractivity contribution in [2.45, 2.75) is 40.0 Å². The third kappa shape index (κ3) is 4.91. The number of nitrogens with one attached hydrogen (secondary N) is 1. The second-order valence-electron chi connectivity index (χ2n) is 6.22. The summed E-state index contributed by atoms with van der Waals surface area (Å²) in [7, 11) is 0. The predicted molar refractivity (Wildman–Crippen MR) is 104 cm³/mol. The Kier molecular flexibility index (Phi) is 7.33. The number of nitrogens with zero attached hydrogens (tertiary/aromatic N) is 2. The van der Waals surface area contributed by atoms with Gasteiger partial charge in [-0.3, -0.25) is 14.6 Å². The summed E-state index contributed by atoms with van der Waals surface area (Å²) in [5.41, 5.74) is 2.69. The van der Waals surface area contributed by atoms with Crippen LogP contribution in [0.15, 0.2) is 42.7 Å². The molecular formula is C21H27N3O2. The van der Waals surface area contributed by atoms with Gasteiger partial charge < -0.3 is 10.2 Å². The number of hydrogen-bond acceptors (Lipinski definition) is 3. The minimum Gasteiger partial charge on any atom is -0.339 e. The molecule has 0 unspecified atom stereocenters. The Morgan fingerprint density at radius 1 is 1.00 bits per heavy atom. The number of rotatable bonds is 8. The van der Waals surface area contributed by atoms with Crippen LogP contribution in [0.25, 0.3) is 0 Å². The van der Waals surface area contributed by atoms with Crippen LogP contribution in [0.2, 0.25) is 0 Å². The van der Waals surface area contributed by atoms with Gasteiger partial charge in [-0.05, 0) is 37.0 Å². The van der Waals surface area contributed by atoms with Crippen molar-refractivity contribution in [2.75, 3.05) is 18.4 Å². The molecule has 0 atom stereocenters. The number of para-hydroxylation sites is 1. The Morgan fingerprint density at radius 2 is 1.65 bits per heavy atom. The quantitative estimate of drug-likeness (QED) is 0.775. The van der Waals surface area contributed by atoms with Crippen LogP contribution in [-0.2, 0) is 6.42 Å². The standard InChI is InChI=1S/C21H27N3O2/c1-4-11-24(12-5-2)21(26)18-13-17(14-22-15-18)20(25)23-19-10-8-7-9-16(19)6-3/h7-10,13-15H,4-6,11-12H2,1-3H3,(H,23,25). The molecule has 5 heteroatoms. The van der Waals surface area contributed by atoms with Gasteiger partial charge in [0.15, 0.2) is 0 Å². The smallest absolute Gasteiger partial charge is 0.257 e. The van der Waals surface area contributed by atoms with Crippen LogP contribution in [0.5, 0.6) is 0 Å². The number of pyridine rings is 1. The molecule has 0 saturated heterocycles. The van der Waals surface area contributed by atoms with Gasteiger partial charge in [0.25, 0.3) is 11.8 Å². The molecule has 0 aliphatic heterocycles. The van der Waals surface area contributed by atoms with Gasteiger partial charge in [-0.1, -0.05) is 39.0 Å². The molecule has 26 heavy (non-hydrogen) atoms. The molecule has 1 aromatic carbocycles. The van der Waals surface area contributed by atoms with E-state index in [0.717, 1.165) is 30.5 Å². The number of aromatic nitrogens is 1. The topological polar surface area (TPSA) is 62.3 Å². The van der Waals surface area contributed by atoms with E-state index in [0.29, 0.717) is 24.2 Å². The number of benzene rings is 1. The van der Waals surface area contributed by atoms with E-state index >= 15 is 0 Å². The van der Waals surface area contributed by atoms with Gasteiger partial charge in [-0.25, -0.2) is 0 Å². The minimum absolute atomic E-state index is 0.0789. The van der Waals surface area contributed by atoms with Crippen molar-refractivity contribution in [3.8, 4) is 0 Å².